The minimum absolute atomic E-state index is 0.436. The first-order valence-electron chi connectivity index (χ1n) is 3.24. The van der Waals surface area contributed by atoms with E-state index in [4.69, 9.17) is 0 Å². The molecule has 1 nitrogen and oxygen atoms in total. The van der Waals surface area contributed by atoms with Crippen LogP contribution >= 0.6 is 11.3 Å². The molecular formula is C8H11OS. The fraction of sp³-hybridized carbons (Fsp3) is 0.375. The summed E-state index contributed by atoms with van der Waals surface area (Å²) in [7, 11) is 0. The molecule has 0 aromatic carbocycles. The molecule has 0 bridgehead atoms. The molecule has 0 fully saturated rings. The largest absolute Gasteiger partial charge is 0.507 e. The third-order valence-corrected chi connectivity index (χ3v) is 2.15. The smallest absolute Gasteiger partial charge is 0.129 e. The lowest BCUT2D eigenvalue weighted by Gasteiger charge is -2.00. The molecule has 1 heterocycles. The third-order valence-electron chi connectivity index (χ3n) is 1.24. The Kier molecular flexibility index (Phi) is 2.33. The fourth-order valence-corrected chi connectivity index (χ4v) is 1.71. The van der Waals surface area contributed by atoms with Crippen molar-refractivity contribution in [2.75, 3.05) is 0 Å². The highest BCUT2D eigenvalue weighted by Gasteiger charge is 2.03. The number of aromatic hydroxyl groups is 1. The molecule has 0 amide bonds. The molecule has 0 saturated carbocycles. The highest BCUT2D eigenvalue weighted by Crippen LogP contribution is 2.26. The first-order valence-corrected chi connectivity index (χ1v) is 4.12. The summed E-state index contributed by atoms with van der Waals surface area (Å²) in [4.78, 5) is 1.07. The fourth-order valence-electron chi connectivity index (χ4n) is 0.787. The van der Waals surface area contributed by atoms with Crippen molar-refractivity contribution in [3.63, 3.8) is 0 Å². The van der Waals surface area contributed by atoms with Gasteiger partial charge in [-0.3, -0.25) is 0 Å². The van der Waals surface area contributed by atoms with E-state index in [9.17, 15) is 5.11 Å². The van der Waals surface area contributed by atoms with Crippen LogP contribution in [0.15, 0.2) is 11.4 Å². The Hall–Kier alpha value is -0.500. The predicted octanol–water partition coefficient (Wildman–Crippen LogP) is 2.61. The molecular weight excluding hydrogens is 144 g/mol. The van der Waals surface area contributed by atoms with E-state index in [1.807, 2.05) is 5.38 Å². The van der Waals surface area contributed by atoms with Crippen LogP contribution in [-0.2, 0) is 6.42 Å². The first kappa shape index (κ1) is 7.61. The van der Waals surface area contributed by atoms with Gasteiger partial charge in [0.1, 0.15) is 5.75 Å². The lowest BCUT2D eigenvalue weighted by Crippen LogP contribution is -1.87. The maximum absolute atomic E-state index is 9.20. The van der Waals surface area contributed by atoms with Crippen LogP contribution in [0.1, 0.15) is 18.7 Å². The summed E-state index contributed by atoms with van der Waals surface area (Å²) in [6.45, 7) is 4.14. The summed E-state index contributed by atoms with van der Waals surface area (Å²) in [6.07, 6.45) is 0.906. The van der Waals surface area contributed by atoms with Gasteiger partial charge in [0.2, 0.25) is 0 Å². The Morgan fingerprint density at radius 2 is 2.30 bits per heavy atom. The molecule has 0 aliphatic carbocycles. The Balaban J connectivity index is 2.65. The van der Waals surface area contributed by atoms with Crippen molar-refractivity contribution in [2.45, 2.75) is 20.3 Å². The zero-order valence-electron chi connectivity index (χ0n) is 6.22. The minimum Gasteiger partial charge on any atom is -0.507 e. The van der Waals surface area contributed by atoms with Crippen molar-refractivity contribution < 1.29 is 5.11 Å². The lowest BCUT2D eigenvalue weighted by atomic mass is 10.1. The Morgan fingerprint density at radius 1 is 1.60 bits per heavy atom. The zero-order valence-corrected chi connectivity index (χ0v) is 7.03. The van der Waals surface area contributed by atoms with E-state index in [2.05, 4.69) is 13.8 Å². The summed E-state index contributed by atoms with van der Waals surface area (Å²) in [5.41, 5.74) is 0. The first-order chi connectivity index (χ1) is 4.70. The van der Waals surface area contributed by atoms with Gasteiger partial charge in [0.25, 0.3) is 0 Å². The number of thiophene rings is 1. The molecule has 1 rings (SSSR count). The van der Waals surface area contributed by atoms with E-state index >= 15 is 0 Å². The van der Waals surface area contributed by atoms with Gasteiger partial charge in [-0.05, 0) is 23.8 Å². The van der Waals surface area contributed by atoms with Crippen molar-refractivity contribution in [1.82, 2.24) is 0 Å². The molecule has 0 saturated heterocycles. The SMILES string of the molecule is C[C](C)Cc1sccc1O. The number of hydrogen-bond acceptors (Lipinski definition) is 2. The van der Waals surface area contributed by atoms with Gasteiger partial charge in [0.05, 0.1) is 0 Å². The highest BCUT2D eigenvalue weighted by atomic mass is 32.1. The summed E-state index contributed by atoms with van der Waals surface area (Å²) in [5.74, 6) is 1.77. The zero-order chi connectivity index (χ0) is 7.56. The van der Waals surface area contributed by atoms with Crippen LogP contribution in [0.25, 0.3) is 0 Å². The van der Waals surface area contributed by atoms with E-state index < -0.39 is 0 Å². The Morgan fingerprint density at radius 3 is 2.70 bits per heavy atom. The third kappa shape index (κ3) is 1.74. The molecule has 1 radical (unpaired) electrons. The van der Waals surface area contributed by atoms with Gasteiger partial charge in [-0.1, -0.05) is 13.8 Å². The maximum Gasteiger partial charge on any atom is 0.129 e. The quantitative estimate of drug-likeness (QED) is 0.696. The van der Waals surface area contributed by atoms with Crippen molar-refractivity contribution in [2.24, 2.45) is 0 Å². The van der Waals surface area contributed by atoms with Crippen LogP contribution in [0.3, 0.4) is 0 Å². The molecule has 0 unspecified atom stereocenters. The molecule has 1 aromatic heterocycles. The van der Waals surface area contributed by atoms with Crippen LogP contribution < -0.4 is 0 Å². The van der Waals surface area contributed by atoms with E-state index in [0.29, 0.717) is 5.75 Å². The molecule has 10 heavy (non-hydrogen) atoms. The van der Waals surface area contributed by atoms with Crippen molar-refractivity contribution in [3.8, 4) is 5.75 Å². The molecule has 1 aromatic rings. The van der Waals surface area contributed by atoms with Crippen LogP contribution in [0.5, 0.6) is 5.75 Å². The van der Waals surface area contributed by atoms with Crippen molar-refractivity contribution >= 4 is 11.3 Å². The highest BCUT2D eigenvalue weighted by molar-refractivity contribution is 7.10. The van der Waals surface area contributed by atoms with Gasteiger partial charge in [0.15, 0.2) is 0 Å². The van der Waals surface area contributed by atoms with Crippen molar-refractivity contribution in [1.29, 1.82) is 0 Å². The summed E-state index contributed by atoms with van der Waals surface area (Å²) in [6, 6.07) is 1.74. The average molecular weight is 155 g/mol. The van der Waals surface area contributed by atoms with Gasteiger partial charge >= 0.3 is 0 Å². The lowest BCUT2D eigenvalue weighted by molar-refractivity contribution is 0.472. The average Bonchev–Trinajstić information content (AvgIpc) is 2.15. The summed E-state index contributed by atoms with van der Waals surface area (Å²) >= 11 is 1.61. The number of rotatable bonds is 2. The van der Waals surface area contributed by atoms with E-state index in [0.717, 1.165) is 11.3 Å². The van der Waals surface area contributed by atoms with E-state index in [1.54, 1.807) is 17.4 Å². The molecule has 1 N–H and O–H groups in total. The molecule has 0 aliphatic heterocycles. The van der Waals surface area contributed by atoms with E-state index in [-0.39, 0.29) is 0 Å². The molecule has 0 aliphatic rings. The van der Waals surface area contributed by atoms with E-state index in [1.165, 1.54) is 5.92 Å². The Bertz CT molecular complexity index is 203. The predicted molar refractivity (Wildman–Crippen MR) is 44.3 cm³/mol. The minimum atomic E-state index is 0.436. The topological polar surface area (TPSA) is 20.2 Å². The molecule has 55 valence electrons. The maximum atomic E-state index is 9.20. The van der Waals surface area contributed by atoms with Gasteiger partial charge in [-0.2, -0.15) is 0 Å². The van der Waals surface area contributed by atoms with Gasteiger partial charge in [-0.25, -0.2) is 0 Å². The molecule has 2 heteroatoms. The summed E-state index contributed by atoms with van der Waals surface area (Å²) < 4.78 is 0. The second-order valence-corrected chi connectivity index (χ2v) is 3.61. The normalized spacial score (nSPS) is 10.7. The Labute approximate surface area is 65.3 Å². The molecule has 0 atom stereocenters. The van der Waals surface area contributed by atoms with Crippen molar-refractivity contribution in [3.05, 3.63) is 22.2 Å². The van der Waals surface area contributed by atoms with Gasteiger partial charge in [-0.15, -0.1) is 11.3 Å². The van der Waals surface area contributed by atoms with Crippen LogP contribution in [-0.4, -0.2) is 5.11 Å². The second kappa shape index (κ2) is 3.06. The van der Waals surface area contributed by atoms with Gasteiger partial charge < -0.3 is 5.11 Å². The monoisotopic (exact) mass is 155 g/mol. The van der Waals surface area contributed by atoms with Crippen LogP contribution in [0.4, 0.5) is 0 Å². The summed E-state index contributed by atoms with van der Waals surface area (Å²) in [5, 5.41) is 11.1. The van der Waals surface area contributed by atoms with Crippen LogP contribution in [0, 0.1) is 5.92 Å². The molecule has 0 spiro atoms. The standard InChI is InChI=1S/C8H11OS/c1-6(2)5-8-7(9)3-4-10-8/h3-4,9H,5H2,1-2H3. The van der Waals surface area contributed by atoms with Gasteiger partial charge in [0, 0.05) is 4.88 Å². The van der Waals surface area contributed by atoms with Crippen LogP contribution in [0.2, 0.25) is 0 Å². The second-order valence-electron chi connectivity index (χ2n) is 2.61. The number of hydrogen-bond donors (Lipinski definition) is 1.